The van der Waals surface area contributed by atoms with E-state index < -0.39 is 0 Å². The molecule has 1 amide bonds. The van der Waals surface area contributed by atoms with Gasteiger partial charge in [0.15, 0.2) is 34.3 Å². The van der Waals surface area contributed by atoms with E-state index in [1.165, 1.54) is 0 Å². The smallest absolute Gasteiger partial charge is 0.253 e. The Balaban J connectivity index is 1.60. The molecule has 1 N–H and O–H groups in total. The van der Waals surface area contributed by atoms with Crippen molar-refractivity contribution < 1.29 is 19.0 Å². The molecule has 40 heavy (non-hydrogen) atoms. The molecular weight excluding hydrogens is 510 g/mol. The van der Waals surface area contributed by atoms with E-state index in [2.05, 4.69) is 10.2 Å². The highest BCUT2D eigenvalue weighted by Gasteiger charge is 2.20. The lowest BCUT2D eigenvalue weighted by Crippen LogP contribution is -2.39. The summed E-state index contributed by atoms with van der Waals surface area (Å²) in [6, 6.07) is 13.1. The molecule has 2 aromatic heterocycles. The van der Waals surface area contributed by atoms with E-state index >= 15 is 0 Å². The van der Waals surface area contributed by atoms with Crippen molar-refractivity contribution in [1.29, 1.82) is 0 Å². The van der Waals surface area contributed by atoms with Gasteiger partial charge in [-0.25, -0.2) is 15.0 Å². The zero-order valence-corrected chi connectivity index (χ0v) is 23.6. The number of carbonyl (C=O) groups is 1. The number of nitrogens with one attached hydrogen (secondary N) is 1. The van der Waals surface area contributed by atoms with Gasteiger partial charge in [-0.15, -0.1) is 0 Å². The van der Waals surface area contributed by atoms with Crippen LogP contribution in [0.3, 0.4) is 0 Å². The average Bonchev–Trinajstić information content (AvgIpc) is 3.32. The third kappa shape index (κ3) is 5.56. The lowest BCUT2D eigenvalue weighted by molar-refractivity contribution is 0.0398. The molecule has 11 heteroatoms. The van der Waals surface area contributed by atoms with Crippen molar-refractivity contribution >= 4 is 22.9 Å². The first kappa shape index (κ1) is 27.4. The highest BCUT2D eigenvalue weighted by Crippen LogP contribution is 2.33. The molecule has 0 aliphatic carbocycles. The van der Waals surface area contributed by atoms with Gasteiger partial charge in [-0.2, -0.15) is 0 Å². The number of fused-ring (bicyclic) bond motifs is 1. The zero-order chi connectivity index (χ0) is 28.2. The lowest BCUT2D eigenvalue weighted by Gasteiger charge is -2.26. The molecule has 210 valence electrons. The maximum atomic E-state index is 12.7. The molecule has 0 unspecified atom stereocenters. The number of methoxy groups -OCH3 is 2. The molecule has 0 radical (unpaired) electrons. The molecule has 4 aromatic rings. The molecule has 0 spiro atoms. The summed E-state index contributed by atoms with van der Waals surface area (Å²) in [6.45, 7) is 6.79. The molecule has 0 bridgehead atoms. The number of imidazole rings is 1. The second-order valence-corrected chi connectivity index (χ2v) is 9.76. The number of aryl methyl sites for hydroxylation is 1. The Bertz CT molecular complexity index is 1510. The number of nitrogens with zero attached hydrogens (tertiary/aromatic N) is 6. The van der Waals surface area contributed by atoms with Gasteiger partial charge < -0.3 is 24.4 Å². The minimum atomic E-state index is -0.0852. The van der Waals surface area contributed by atoms with Gasteiger partial charge in [-0.3, -0.25) is 14.3 Å². The van der Waals surface area contributed by atoms with E-state index in [4.69, 9.17) is 29.2 Å². The Labute approximate surface area is 233 Å². The van der Waals surface area contributed by atoms with Crippen LogP contribution in [-0.4, -0.2) is 103 Å². The maximum Gasteiger partial charge on any atom is 0.253 e. The van der Waals surface area contributed by atoms with Crippen LogP contribution in [0, 0.1) is 6.92 Å². The second-order valence-electron chi connectivity index (χ2n) is 9.76. The number of amides is 1. The van der Waals surface area contributed by atoms with Crippen molar-refractivity contribution in [3.63, 3.8) is 0 Å². The minimum Gasteiger partial charge on any atom is -0.493 e. The average molecular weight is 546 g/mol. The molecule has 3 heterocycles. The molecule has 1 aliphatic rings. The third-order valence-electron chi connectivity index (χ3n) is 6.90. The number of aromatic nitrogens is 4. The molecular formula is C29H35N7O4. The van der Waals surface area contributed by atoms with Gasteiger partial charge in [0.25, 0.3) is 5.91 Å². The lowest BCUT2D eigenvalue weighted by atomic mass is 10.1. The fourth-order valence-electron chi connectivity index (χ4n) is 4.80. The van der Waals surface area contributed by atoms with Crippen LogP contribution in [0.1, 0.15) is 16.2 Å². The summed E-state index contributed by atoms with van der Waals surface area (Å²) in [6.07, 6.45) is 0. The first-order valence-electron chi connectivity index (χ1n) is 13.2. The van der Waals surface area contributed by atoms with Crippen molar-refractivity contribution in [1.82, 2.24) is 29.3 Å². The van der Waals surface area contributed by atoms with Crippen LogP contribution < -0.4 is 14.8 Å². The van der Waals surface area contributed by atoms with Crippen LogP contribution in [-0.2, 0) is 4.74 Å². The second kappa shape index (κ2) is 11.9. The summed E-state index contributed by atoms with van der Waals surface area (Å²) < 4.78 is 18.4. The topological polar surface area (TPSA) is 107 Å². The van der Waals surface area contributed by atoms with E-state index in [0.717, 1.165) is 49.9 Å². The first-order valence-corrected chi connectivity index (χ1v) is 13.2. The fraction of sp³-hybridized carbons (Fsp3) is 0.379. The van der Waals surface area contributed by atoms with Gasteiger partial charge in [0.1, 0.15) is 5.82 Å². The Kier molecular flexibility index (Phi) is 8.13. The van der Waals surface area contributed by atoms with Gasteiger partial charge in [-0.05, 0) is 31.2 Å². The summed E-state index contributed by atoms with van der Waals surface area (Å²) in [7, 11) is 6.69. The molecule has 2 aromatic carbocycles. The number of morpholine rings is 1. The standard InChI is InChI=1S/C29H35N7O4/c1-19-31-25-27(30-11-12-35-13-15-40-16-14-35)32-26(20-7-6-8-21(17-20)29(37)34(2)3)33-28(25)36(19)22-9-10-23(38-4)24(18-22)39-5/h6-10,17-18H,11-16H2,1-5H3,(H,30,32,33). The van der Waals surface area contributed by atoms with E-state index in [0.29, 0.717) is 46.4 Å². The first-order chi connectivity index (χ1) is 19.4. The normalized spacial score (nSPS) is 13.8. The number of anilines is 1. The van der Waals surface area contributed by atoms with Crippen LogP contribution in [0.5, 0.6) is 11.5 Å². The van der Waals surface area contributed by atoms with E-state index in [9.17, 15) is 4.79 Å². The van der Waals surface area contributed by atoms with Crippen molar-refractivity contribution in [2.75, 3.05) is 73.0 Å². The number of hydrogen-bond donors (Lipinski definition) is 1. The quantitative estimate of drug-likeness (QED) is 0.339. The van der Waals surface area contributed by atoms with E-state index in [-0.39, 0.29) is 5.91 Å². The van der Waals surface area contributed by atoms with Crippen molar-refractivity contribution in [2.24, 2.45) is 0 Å². The van der Waals surface area contributed by atoms with Crippen molar-refractivity contribution in [2.45, 2.75) is 6.92 Å². The van der Waals surface area contributed by atoms with Crippen LogP contribution >= 0.6 is 0 Å². The number of hydrogen-bond acceptors (Lipinski definition) is 9. The predicted molar refractivity (Wildman–Crippen MR) is 154 cm³/mol. The zero-order valence-electron chi connectivity index (χ0n) is 23.6. The maximum absolute atomic E-state index is 12.7. The van der Waals surface area contributed by atoms with Crippen molar-refractivity contribution in [3.05, 3.63) is 53.9 Å². The van der Waals surface area contributed by atoms with E-state index in [1.807, 2.05) is 47.9 Å². The monoisotopic (exact) mass is 545 g/mol. The fourth-order valence-corrected chi connectivity index (χ4v) is 4.80. The summed E-state index contributed by atoms with van der Waals surface area (Å²) >= 11 is 0. The molecule has 1 saturated heterocycles. The van der Waals surface area contributed by atoms with Gasteiger partial charge >= 0.3 is 0 Å². The van der Waals surface area contributed by atoms with Gasteiger partial charge in [0, 0.05) is 57.5 Å². The van der Waals surface area contributed by atoms with Crippen LogP contribution in [0.25, 0.3) is 28.2 Å². The number of benzene rings is 2. The third-order valence-corrected chi connectivity index (χ3v) is 6.90. The predicted octanol–water partition coefficient (Wildman–Crippen LogP) is 3.25. The molecule has 0 atom stereocenters. The number of carbonyl (C=O) groups excluding carboxylic acids is 1. The van der Waals surface area contributed by atoms with Crippen LogP contribution in [0.2, 0.25) is 0 Å². The van der Waals surface area contributed by atoms with Crippen LogP contribution in [0.4, 0.5) is 5.82 Å². The largest absolute Gasteiger partial charge is 0.493 e. The molecule has 1 fully saturated rings. The highest BCUT2D eigenvalue weighted by atomic mass is 16.5. The van der Waals surface area contributed by atoms with Gasteiger partial charge in [0.2, 0.25) is 0 Å². The Morgan fingerprint density at radius 3 is 2.52 bits per heavy atom. The van der Waals surface area contributed by atoms with Gasteiger partial charge in [-0.1, -0.05) is 12.1 Å². The number of rotatable bonds is 9. The Morgan fingerprint density at radius 2 is 1.80 bits per heavy atom. The van der Waals surface area contributed by atoms with Gasteiger partial charge in [0.05, 0.1) is 33.1 Å². The van der Waals surface area contributed by atoms with Crippen molar-refractivity contribution in [3.8, 4) is 28.6 Å². The van der Waals surface area contributed by atoms with E-state index in [1.54, 1.807) is 39.3 Å². The Morgan fingerprint density at radius 1 is 1.02 bits per heavy atom. The summed E-state index contributed by atoms with van der Waals surface area (Å²) in [5.41, 5.74) is 3.45. The van der Waals surface area contributed by atoms with Crippen LogP contribution in [0.15, 0.2) is 42.5 Å². The minimum absolute atomic E-state index is 0.0852. The molecule has 0 saturated carbocycles. The molecule has 11 nitrogen and oxygen atoms in total. The SMILES string of the molecule is COc1ccc(-n2c(C)nc3c(NCCN4CCOCC4)nc(-c4cccc(C(=O)N(C)C)c4)nc32)cc1OC. The Hall–Kier alpha value is -4.22. The number of ether oxygens (including phenoxy) is 3. The summed E-state index contributed by atoms with van der Waals surface area (Å²) in [4.78, 5) is 31.3. The molecule has 5 rings (SSSR count). The summed E-state index contributed by atoms with van der Waals surface area (Å²) in [5, 5.41) is 3.50. The summed E-state index contributed by atoms with van der Waals surface area (Å²) in [5.74, 6) is 3.04. The molecule has 1 aliphatic heterocycles. The highest BCUT2D eigenvalue weighted by molar-refractivity contribution is 5.95.